The molecule has 0 aliphatic rings. The second-order valence-corrected chi connectivity index (χ2v) is 5.00. The number of carbonyl (C=O) groups is 2. The van der Waals surface area contributed by atoms with Gasteiger partial charge in [-0.1, -0.05) is 25.5 Å². The maximum atomic E-state index is 12.2. The van der Waals surface area contributed by atoms with Crippen LogP contribution in [0.15, 0.2) is 24.3 Å². The molecule has 0 aliphatic heterocycles. The molecule has 0 atom stereocenters. The van der Waals surface area contributed by atoms with Gasteiger partial charge in [-0.2, -0.15) is 0 Å². The summed E-state index contributed by atoms with van der Waals surface area (Å²) in [5, 5.41) is 5.66. The molecule has 0 aromatic heterocycles. The monoisotopic (exact) mass is 306 g/mol. The Hall–Kier alpha value is -1.88. The normalized spacial score (nSPS) is 10.3. The Balaban J connectivity index is 2.54. The van der Waals surface area contributed by atoms with Crippen LogP contribution in [-0.2, 0) is 9.53 Å². The molecule has 0 bridgehead atoms. The van der Waals surface area contributed by atoms with Crippen molar-refractivity contribution in [2.24, 2.45) is 0 Å². The van der Waals surface area contributed by atoms with Crippen molar-refractivity contribution in [3.8, 4) is 0 Å². The lowest BCUT2D eigenvalue weighted by atomic mass is 10.1. The average Bonchev–Trinajstić information content (AvgIpc) is 2.53. The van der Waals surface area contributed by atoms with Crippen molar-refractivity contribution in [1.82, 2.24) is 5.32 Å². The molecule has 0 fully saturated rings. The van der Waals surface area contributed by atoms with Gasteiger partial charge < -0.3 is 15.4 Å². The molecule has 122 valence electrons. The standard InChI is InChI=1S/C17H26N2O3/c1-3-5-11-16(20)19-15-10-7-6-9-14(15)17(21)18-12-8-13-22-4-2/h6-7,9-10H,3-5,8,11-13H2,1-2H3,(H,18,21)(H,19,20). The number of benzene rings is 1. The number of anilines is 1. The first kappa shape index (κ1) is 18.2. The number of para-hydroxylation sites is 1. The van der Waals surface area contributed by atoms with Gasteiger partial charge >= 0.3 is 0 Å². The van der Waals surface area contributed by atoms with Crippen LogP contribution >= 0.6 is 0 Å². The van der Waals surface area contributed by atoms with Crippen LogP contribution in [0.3, 0.4) is 0 Å². The minimum Gasteiger partial charge on any atom is -0.382 e. The maximum Gasteiger partial charge on any atom is 0.253 e. The van der Waals surface area contributed by atoms with E-state index < -0.39 is 0 Å². The van der Waals surface area contributed by atoms with E-state index in [1.807, 2.05) is 13.8 Å². The summed E-state index contributed by atoms with van der Waals surface area (Å²) in [6.07, 6.45) is 3.05. The first-order valence-corrected chi connectivity index (χ1v) is 7.93. The summed E-state index contributed by atoms with van der Waals surface area (Å²) in [5.41, 5.74) is 1.05. The van der Waals surface area contributed by atoms with Crippen LogP contribution in [0.2, 0.25) is 0 Å². The third-order valence-corrected chi connectivity index (χ3v) is 3.16. The van der Waals surface area contributed by atoms with Crippen molar-refractivity contribution in [2.75, 3.05) is 25.1 Å². The SMILES string of the molecule is CCCCC(=O)Nc1ccccc1C(=O)NCCCOCC. The highest BCUT2D eigenvalue weighted by atomic mass is 16.5. The molecule has 2 N–H and O–H groups in total. The first-order valence-electron chi connectivity index (χ1n) is 7.93. The van der Waals surface area contributed by atoms with E-state index in [4.69, 9.17) is 4.74 Å². The van der Waals surface area contributed by atoms with Gasteiger partial charge in [0, 0.05) is 26.2 Å². The molecule has 0 aliphatic carbocycles. The molecule has 0 unspecified atom stereocenters. The lowest BCUT2D eigenvalue weighted by Crippen LogP contribution is -2.26. The topological polar surface area (TPSA) is 67.4 Å². The maximum absolute atomic E-state index is 12.2. The average molecular weight is 306 g/mol. The zero-order chi connectivity index (χ0) is 16.2. The molecule has 2 amide bonds. The van der Waals surface area contributed by atoms with Crippen molar-refractivity contribution in [3.63, 3.8) is 0 Å². The third kappa shape index (κ3) is 6.72. The molecular weight excluding hydrogens is 280 g/mol. The van der Waals surface area contributed by atoms with E-state index in [0.29, 0.717) is 37.4 Å². The molecule has 1 aromatic rings. The van der Waals surface area contributed by atoms with E-state index >= 15 is 0 Å². The fourth-order valence-corrected chi connectivity index (χ4v) is 1.96. The van der Waals surface area contributed by atoms with E-state index in [-0.39, 0.29) is 11.8 Å². The molecule has 0 heterocycles. The van der Waals surface area contributed by atoms with Crippen LogP contribution in [0.5, 0.6) is 0 Å². The van der Waals surface area contributed by atoms with Crippen LogP contribution in [0.25, 0.3) is 0 Å². The number of unbranched alkanes of at least 4 members (excludes halogenated alkanes) is 1. The fraction of sp³-hybridized carbons (Fsp3) is 0.529. The summed E-state index contributed by atoms with van der Waals surface area (Å²) >= 11 is 0. The van der Waals surface area contributed by atoms with Gasteiger partial charge in [0.2, 0.25) is 5.91 Å². The lowest BCUT2D eigenvalue weighted by Gasteiger charge is -2.11. The van der Waals surface area contributed by atoms with Gasteiger partial charge in [0.05, 0.1) is 11.3 Å². The van der Waals surface area contributed by atoms with Gasteiger partial charge in [0.15, 0.2) is 0 Å². The zero-order valence-electron chi connectivity index (χ0n) is 13.5. The van der Waals surface area contributed by atoms with Crippen molar-refractivity contribution in [2.45, 2.75) is 39.5 Å². The minimum atomic E-state index is -0.178. The van der Waals surface area contributed by atoms with E-state index in [9.17, 15) is 9.59 Å². The third-order valence-electron chi connectivity index (χ3n) is 3.16. The molecule has 5 heteroatoms. The van der Waals surface area contributed by atoms with Crippen LogP contribution in [0.4, 0.5) is 5.69 Å². The molecule has 0 radical (unpaired) electrons. The Bertz CT molecular complexity index is 475. The van der Waals surface area contributed by atoms with Gasteiger partial charge in [-0.15, -0.1) is 0 Å². The lowest BCUT2D eigenvalue weighted by molar-refractivity contribution is -0.116. The summed E-state index contributed by atoms with van der Waals surface area (Å²) < 4.78 is 5.23. The van der Waals surface area contributed by atoms with Crippen LogP contribution in [0, 0.1) is 0 Å². The van der Waals surface area contributed by atoms with Crippen LogP contribution in [0.1, 0.15) is 49.9 Å². The Morgan fingerprint density at radius 3 is 2.64 bits per heavy atom. The summed E-state index contributed by atoms with van der Waals surface area (Å²) in [7, 11) is 0. The fourth-order valence-electron chi connectivity index (χ4n) is 1.96. The largest absolute Gasteiger partial charge is 0.382 e. The number of nitrogens with one attached hydrogen (secondary N) is 2. The summed E-state index contributed by atoms with van der Waals surface area (Å²) in [5.74, 6) is -0.235. The number of rotatable bonds is 10. The van der Waals surface area contributed by atoms with Crippen molar-refractivity contribution in [3.05, 3.63) is 29.8 Å². The molecule has 0 spiro atoms. The Morgan fingerprint density at radius 1 is 1.14 bits per heavy atom. The van der Waals surface area contributed by atoms with Crippen molar-refractivity contribution >= 4 is 17.5 Å². The summed E-state index contributed by atoms with van der Waals surface area (Å²) in [6, 6.07) is 7.06. The smallest absolute Gasteiger partial charge is 0.253 e. The minimum absolute atomic E-state index is 0.0570. The van der Waals surface area contributed by atoms with Gasteiger partial charge in [-0.25, -0.2) is 0 Å². The van der Waals surface area contributed by atoms with Crippen molar-refractivity contribution < 1.29 is 14.3 Å². The number of carbonyl (C=O) groups excluding carboxylic acids is 2. The highest BCUT2D eigenvalue weighted by Crippen LogP contribution is 2.15. The molecular formula is C17H26N2O3. The molecule has 1 rings (SSSR count). The van der Waals surface area contributed by atoms with Gasteiger partial charge in [-0.05, 0) is 31.9 Å². The van der Waals surface area contributed by atoms with Crippen LogP contribution in [-0.4, -0.2) is 31.6 Å². The highest BCUT2D eigenvalue weighted by molar-refractivity contribution is 6.03. The number of amides is 2. The Labute approximate surface area is 132 Å². The predicted molar refractivity (Wildman–Crippen MR) is 88.0 cm³/mol. The van der Waals surface area contributed by atoms with Gasteiger partial charge in [0.1, 0.15) is 0 Å². The van der Waals surface area contributed by atoms with E-state index in [0.717, 1.165) is 19.3 Å². The summed E-state index contributed by atoms with van der Waals surface area (Å²) in [4.78, 5) is 24.0. The van der Waals surface area contributed by atoms with E-state index in [1.54, 1.807) is 24.3 Å². The summed E-state index contributed by atoms with van der Waals surface area (Å²) in [6.45, 7) is 5.84. The molecule has 0 saturated heterocycles. The number of hydrogen-bond donors (Lipinski definition) is 2. The molecule has 1 aromatic carbocycles. The van der Waals surface area contributed by atoms with E-state index in [1.165, 1.54) is 0 Å². The van der Waals surface area contributed by atoms with Crippen molar-refractivity contribution in [1.29, 1.82) is 0 Å². The quantitative estimate of drug-likeness (QED) is 0.653. The van der Waals surface area contributed by atoms with Crippen LogP contribution < -0.4 is 10.6 Å². The first-order chi connectivity index (χ1) is 10.7. The van der Waals surface area contributed by atoms with Gasteiger partial charge in [-0.3, -0.25) is 9.59 Å². The predicted octanol–water partition coefficient (Wildman–Crippen LogP) is 2.97. The highest BCUT2D eigenvalue weighted by Gasteiger charge is 2.12. The second-order valence-electron chi connectivity index (χ2n) is 5.00. The second kappa shape index (κ2) is 10.8. The number of hydrogen-bond acceptors (Lipinski definition) is 3. The Kier molecular flexibility index (Phi) is 8.91. The molecule has 0 saturated carbocycles. The van der Waals surface area contributed by atoms with E-state index in [2.05, 4.69) is 10.6 Å². The number of ether oxygens (including phenoxy) is 1. The Morgan fingerprint density at radius 2 is 1.91 bits per heavy atom. The molecule has 5 nitrogen and oxygen atoms in total. The zero-order valence-corrected chi connectivity index (χ0v) is 13.5. The van der Waals surface area contributed by atoms with Gasteiger partial charge in [0.25, 0.3) is 5.91 Å². The molecule has 22 heavy (non-hydrogen) atoms.